The van der Waals surface area contributed by atoms with Crippen LogP contribution in [0.15, 0.2) is 0 Å². The Labute approximate surface area is 98.8 Å². The molecule has 0 saturated carbocycles. The minimum atomic E-state index is -0.0299. The summed E-state index contributed by atoms with van der Waals surface area (Å²) in [5, 5.41) is 0. The van der Waals surface area contributed by atoms with Crippen LogP contribution in [0.2, 0.25) is 0 Å². The Balaban J connectivity index is 2.65. The first-order chi connectivity index (χ1) is 7.47. The maximum atomic E-state index is 12.0. The van der Waals surface area contributed by atoms with Crippen molar-refractivity contribution in [2.75, 3.05) is 27.2 Å². The fourth-order valence-electron chi connectivity index (χ4n) is 2.25. The van der Waals surface area contributed by atoms with Gasteiger partial charge >= 0.3 is 0 Å². The molecule has 3 atom stereocenters. The molecule has 0 aliphatic carbocycles. The summed E-state index contributed by atoms with van der Waals surface area (Å²) in [5.74, 6) is 0.137. The molecule has 1 saturated heterocycles. The molecule has 1 amide bonds. The molecular weight excluding hydrogens is 202 g/mol. The number of hydrogen-bond acceptors (Lipinski definition) is 3. The predicted octanol–water partition coefficient (Wildman–Crippen LogP) is 0.522. The van der Waals surface area contributed by atoms with Crippen molar-refractivity contribution in [2.45, 2.75) is 38.8 Å². The zero-order valence-corrected chi connectivity index (χ0v) is 10.9. The van der Waals surface area contributed by atoms with Crippen LogP contribution in [0.5, 0.6) is 0 Å². The van der Waals surface area contributed by atoms with Crippen LogP contribution in [0.4, 0.5) is 0 Å². The number of rotatable bonds is 3. The second-order valence-electron chi connectivity index (χ2n) is 5.04. The average molecular weight is 227 g/mol. The van der Waals surface area contributed by atoms with Gasteiger partial charge in [0.25, 0.3) is 0 Å². The monoisotopic (exact) mass is 227 g/mol. The fourth-order valence-corrected chi connectivity index (χ4v) is 2.25. The maximum absolute atomic E-state index is 12.0. The van der Waals surface area contributed by atoms with Gasteiger partial charge in [0.1, 0.15) is 0 Å². The van der Waals surface area contributed by atoms with Gasteiger partial charge in [-0.3, -0.25) is 9.69 Å². The molecule has 1 rings (SSSR count). The molecule has 1 fully saturated rings. The number of piperidine rings is 1. The van der Waals surface area contributed by atoms with Crippen molar-refractivity contribution in [1.82, 2.24) is 9.80 Å². The molecule has 4 heteroatoms. The van der Waals surface area contributed by atoms with Crippen molar-refractivity contribution < 1.29 is 4.79 Å². The normalized spacial score (nSPS) is 28.8. The van der Waals surface area contributed by atoms with Crippen molar-refractivity contribution in [1.29, 1.82) is 0 Å². The summed E-state index contributed by atoms with van der Waals surface area (Å²) >= 11 is 0. The lowest BCUT2D eigenvalue weighted by molar-refractivity contribution is -0.135. The minimum Gasteiger partial charge on any atom is -0.348 e. The van der Waals surface area contributed by atoms with E-state index in [-0.39, 0.29) is 17.9 Å². The van der Waals surface area contributed by atoms with Gasteiger partial charge < -0.3 is 10.6 Å². The lowest BCUT2D eigenvalue weighted by atomic mass is 9.90. The van der Waals surface area contributed by atoms with E-state index in [1.807, 2.05) is 0 Å². The summed E-state index contributed by atoms with van der Waals surface area (Å²) in [6.45, 7) is 6.23. The first kappa shape index (κ1) is 13.5. The zero-order valence-electron chi connectivity index (χ0n) is 10.9. The van der Waals surface area contributed by atoms with Gasteiger partial charge in [0.05, 0.1) is 5.92 Å². The quantitative estimate of drug-likeness (QED) is 0.765. The second kappa shape index (κ2) is 5.64. The summed E-state index contributed by atoms with van der Waals surface area (Å²) in [6.07, 6.45) is 2.05. The van der Waals surface area contributed by atoms with Crippen molar-refractivity contribution in [3.63, 3.8) is 0 Å². The van der Waals surface area contributed by atoms with E-state index in [9.17, 15) is 4.79 Å². The Kier molecular flexibility index (Phi) is 4.74. The van der Waals surface area contributed by atoms with E-state index < -0.39 is 0 Å². The van der Waals surface area contributed by atoms with Gasteiger partial charge in [-0.15, -0.1) is 0 Å². The fraction of sp³-hybridized carbons (Fsp3) is 0.917. The predicted molar refractivity (Wildman–Crippen MR) is 66.1 cm³/mol. The molecule has 1 heterocycles. The minimum absolute atomic E-state index is 0.0233. The number of nitrogens with two attached hydrogens (primary N) is 1. The van der Waals surface area contributed by atoms with Crippen LogP contribution in [-0.4, -0.2) is 55.0 Å². The smallest absolute Gasteiger partial charge is 0.228 e. The highest BCUT2D eigenvalue weighted by atomic mass is 16.2. The SMILES string of the molecule is CCC(C)N1CC[C@@H](N)[C@H](C(=O)N(C)C)C1. The van der Waals surface area contributed by atoms with Crippen molar-refractivity contribution >= 4 is 5.91 Å². The molecule has 0 bridgehead atoms. The molecule has 0 spiro atoms. The summed E-state index contributed by atoms with van der Waals surface area (Å²) < 4.78 is 0. The highest BCUT2D eigenvalue weighted by molar-refractivity contribution is 5.79. The second-order valence-corrected chi connectivity index (χ2v) is 5.04. The van der Waals surface area contributed by atoms with E-state index in [0.717, 1.165) is 25.9 Å². The zero-order chi connectivity index (χ0) is 12.3. The van der Waals surface area contributed by atoms with E-state index in [0.29, 0.717) is 6.04 Å². The number of nitrogens with zero attached hydrogens (tertiary/aromatic N) is 2. The van der Waals surface area contributed by atoms with Gasteiger partial charge in [-0.1, -0.05) is 6.92 Å². The Morgan fingerprint density at radius 2 is 2.19 bits per heavy atom. The van der Waals surface area contributed by atoms with Gasteiger partial charge in [-0.05, 0) is 26.3 Å². The van der Waals surface area contributed by atoms with Gasteiger partial charge in [0.2, 0.25) is 5.91 Å². The summed E-state index contributed by atoms with van der Waals surface area (Å²) in [5.41, 5.74) is 6.05. The number of likely N-dealkylation sites (tertiary alicyclic amines) is 1. The lowest BCUT2D eigenvalue weighted by Crippen LogP contribution is -2.54. The summed E-state index contributed by atoms with van der Waals surface area (Å²) in [4.78, 5) is 16.0. The highest BCUT2D eigenvalue weighted by Gasteiger charge is 2.34. The van der Waals surface area contributed by atoms with Crippen LogP contribution < -0.4 is 5.73 Å². The van der Waals surface area contributed by atoms with Gasteiger partial charge in [-0.2, -0.15) is 0 Å². The van der Waals surface area contributed by atoms with E-state index >= 15 is 0 Å². The molecule has 1 aliphatic rings. The molecular formula is C12H25N3O. The Hall–Kier alpha value is -0.610. The molecule has 0 aromatic rings. The maximum Gasteiger partial charge on any atom is 0.228 e. The van der Waals surface area contributed by atoms with Crippen molar-refractivity contribution in [3.8, 4) is 0 Å². The molecule has 1 aliphatic heterocycles. The topological polar surface area (TPSA) is 49.6 Å². The molecule has 4 nitrogen and oxygen atoms in total. The number of carbonyl (C=O) groups is 1. The van der Waals surface area contributed by atoms with Crippen molar-refractivity contribution in [2.24, 2.45) is 11.7 Å². The largest absolute Gasteiger partial charge is 0.348 e. The molecule has 16 heavy (non-hydrogen) atoms. The Bertz CT molecular complexity index is 242. The first-order valence-electron chi connectivity index (χ1n) is 6.18. The molecule has 0 aromatic heterocycles. The van der Waals surface area contributed by atoms with E-state index in [2.05, 4.69) is 18.7 Å². The summed E-state index contributed by atoms with van der Waals surface area (Å²) in [7, 11) is 3.61. The van der Waals surface area contributed by atoms with E-state index in [1.165, 1.54) is 0 Å². The lowest BCUT2D eigenvalue weighted by Gasteiger charge is -2.39. The Morgan fingerprint density at radius 1 is 1.56 bits per heavy atom. The van der Waals surface area contributed by atoms with Crippen LogP contribution in [0.1, 0.15) is 26.7 Å². The van der Waals surface area contributed by atoms with E-state index in [4.69, 9.17) is 5.73 Å². The molecule has 94 valence electrons. The molecule has 0 radical (unpaired) electrons. The standard InChI is InChI=1S/C12H25N3O/c1-5-9(2)15-7-6-11(13)10(8-15)12(16)14(3)4/h9-11H,5-8,13H2,1-4H3/t9?,10-,11-/m1/s1. The molecule has 1 unspecified atom stereocenters. The third kappa shape index (κ3) is 2.95. The molecule has 2 N–H and O–H groups in total. The van der Waals surface area contributed by atoms with E-state index in [1.54, 1.807) is 19.0 Å². The van der Waals surface area contributed by atoms with Gasteiger partial charge in [0.15, 0.2) is 0 Å². The van der Waals surface area contributed by atoms with Crippen LogP contribution in [0.3, 0.4) is 0 Å². The first-order valence-corrected chi connectivity index (χ1v) is 6.18. The van der Waals surface area contributed by atoms with Crippen LogP contribution >= 0.6 is 0 Å². The van der Waals surface area contributed by atoms with Gasteiger partial charge in [-0.25, -0.2) is 0 Å². The van der Waals surface area contributed by atoms with Gasteiger partial charge in [0, 0.05) is 32.7 Å². The van der Waals surface area contributed by atoms with Crippen LogP contribution in [-0.2, 0) is 4.79 Å². The third-order valence-electron chi connectivity index (χ3n) is 3.67. The van der Waals surface area contributed by atoms with Crippen LogP contribution in [0, 0.1) is 5.92 Å². The molecule has 0 aromatic carbocycles. The Morgan fingerprint density at radius 3 is 2.69 bits per heavy atom. The number of amides is 1. The summed E-state index contributed by atoms with van der Waals surface area (Å²) in [6, 6.07) is 0.570. The average Bonchev–Trinajstić information content (AvgIpc) is 2.27. The number of carbonyl (C=O) groups excluding carboxylic acids is 1. The number of hydrogen-bond donors (Lipinski definition) is 1. The van der Waals surface area contributed by atoms with Crippen molar-refractivity contribution in [3.05, 3.63) is 0 Å². The third-order valence-corrected chi connectivity index (χ3v) is 3.67. The van der Waals surface area contributed by atoms with Crippen LogP contribution in [0.25, 0.3) is 0 Å². The highest BCUT2D eigenvalue weighted by Crippen LogP contribution is 2.20.